The summed E-state index contributed by atoms with van der Waals surface area (Å²) in [6, 6.07) is 9.65. The van der Waals surface area contributed by atoms with E-state index in [0.29, 0.717) is 5.75 Å². The number of aromatic nitrogens is 1. The van der Waals surface area contributed by atoms with Crippen LogP contribution in [0.4, 0.5) is 0 Å². The zero-order valence-electron chi connectivity index (χ0n) is 15.7. The van der Waals surface area contributed by atoms with Gasteiger partial charge in [-0.25, -0.2) is 4.57 Å². The standard InChI is InChI=1S/C21H26NO6/c1-12-9-14-3-2-8-22(14)10-16(12)13-4-6-15(7-5-13)27-21-20(26)19(25)18(24)17(11-23)28-21/h4-7,9-10,17-21,23-26H,2-3,8,11H2,1H3/q+1/t17-,18-,19+,20-,21-/m1/s1. The van der Waals surface area contributed by atoms with E-state index in [-0.39, 0.29) is 0 Å². The maximum absolute atomic E-state index is 10.1. The summed E-state index contributed by atoms with van der Waals surface area (Å²) in [5.41, 5.74) is 4.80. The van der Waals surface area contributed by atoms with Crippen molar-refractivity contribution in [2.75, 3.05) is 6.61 Å². The van der Waals surface area contributed by atoms with Crippen LogP contribution in [-0.2, 0) is 17.7 Å². The number of aliphatic hydroxyl groups excluding tert-OH is 4. The Bertz CT molecular complexity index is 838. The van der Waals surface area contributed by atoms with Crippen molar-refractivity contribution in [3.63, 3.8) is 0 Å². The highest BCUT2D eigenvalue weighted by Gasteiger charge is 2.44. The van der Waals surface area contributed by atoms with Crippen LogP contribution in [0.1, 0.15) is 17.7 Å². The Morgan fingerprint density at radius 1 is 1.11 bits per heavy atom. The molecular weight excluding hydrogens is 362 g/mol. The smallest absolute Gasteiger partial charge is 0.229 e. The minimum atomic E-state index is -1.46. The van der Waals surface area contributed by atoms with Crippen LogP contribution in [0.2, 0.25) is 0 Å². The second-order valence-electron chi connectivity index (χ2n) is 7.50. The first-order valence-electron chi connectivity index (χ1n) is 9.58. The molecule has 0 bridgehead atoms. The van der Waals surface area contributed by atoms with Crippen LogP contribution in [0.5, 0.6) is 5.75 Å². The third-order valence-electron chi connectivity index (χ3n) is 5.56. The summed E-state index contributed by atoms with van der Waals surface area (Å²) in [5.74, 6) is 0.458. The van der Waals surface area contributed by atoms with Crippen LogP contribution in [-0.4, -0.2) is 57.7 Å². The molecule has 4 N–H and O–H groups in total. The maximum Gasteiger partial charge on any atom is 0.229 e. The average Bonchev–Trinajstić information content (AvgIpc) is 3.15. The first-order valence-corrected chi connectivity index (χ1v) is 9.58. The number of hydrogen-bond donors (Lipinski definition) is 4. The van der Waals surface area contributed by atoms with E-state index in [0.717, 1.165) is 24.1 Å². The number of pyridine rings is 1. The van der Waals surface area contributed by atoms with E-state index in [9.17, 15) is 20.4 Å². The quantitative estimate of drug-likeness (QED) is 0.553. The van der Waals surface area contributed by atoms with Gasteiger partial charge in [0.25, 0.3) is 0 Å². The van der Waals surface area contributed by atoms with Gasteiger partial charge in [0.15, 0.2) is 11.9 Å². The summed E-state index contributed by atoms with van der Waals surface area (Å²) >= 11 is 0. The zero-order chi connectivity index (χ0) is 19.8. The minimum Gasteiger partial charge on any atom is -0.462 e. The fourth-order valence-electron chi connectivity index (χ4n) is 3.92. The van der Waals surface area contributed by atoms with Crippen molar-refractivity contribution < 1.29 is 34.5 Å². The van der Waals surface area contributed by atoms with Crippen molar-refractivity contribution in [1.29, 1.82) is 0 Å². The summed E-state index contributed by atoms with van der Waals surface area (Å²) in [7, 11) is 0. The van der Waals surface area contributed by atoms with Gasteiger partial charge in [0, 0.05) is 24.5 Å². The predicted octanol–water partition coefficient (Wildman–Crippen LogP) is 0.0744. The molecule has 150 valence electrons. The summed E-state index contributed by atoms with van der Waals surface area (Å²) in [6.45, 7) is 2.66. The van der Waals surface area contributed by atoms with Crippen molar-refractivity contribution in [2.24, 2.45) is 0 Å². The van der Waals surface area contributed by atoms with Gasteiger partial charge in [0.2, 0.25) is 6.29 Å². The Morgan fingerprint density at radius 2 is 1.86 bits per heavy atom. The van der Waals surface area contributed by atoms with Gasteiger partial charge in [-0.1, -0.05) is 12.1 Å². The molecule has 7 nitrogen and oxygen atoms in total. The summed E-state index contributed by atoms with van der Waals surface area (Å²) in [4.78, 5) is 0. The van der Waals surface area contributed by atoms with Gasteiger partial charge >= 0.3 is 0 Å². The van der Waals surface area contributed by atoms with E-state index < -0.39 is 37.3 Å². The number of aryl methyl sites for hydroxylation is 3. The molecule has 2 aromatic rings. The Morgan fingerprint density at radius 3 is 2.57 bits per heavy atom. The van der Waals surface area contributed by atoms with Crippen molar-refractivity contribution in [3.05, 3.63) is 47.8 Å². The summed E-state index contributed by atoms with van der Waals surface area (Å²) in [5, 5.41) is 39.1. The Labute approximate surface area is 163 Å². The molecule has 3 heterocycles. The maximum atomic E-state index is 10.1. The molecule has 28 heavy (non-hydrogen) atoms. The molecule has 1 saturated heterocycles. The van der Waals surface area contributed by atoms with Crippen molar-refractivity contribution in [3.8, 4) is 16.9 Å². The normalized spacial score (nSPS) is 29.5. The minimum absolute atomic E-state index is 0.458. The van der Waals surface area contributed by atoms with Crippen LogP contribution < -0.4 is 9.30 Å². The third kappa shape index (κ3) is 3.52. The molecule has 0 saturated carbocycles. The summed E-state index contributed by atoms with van der Waals surface area (Å²) < 4.78 is 13.3. The molecule has 1 aromatic carbocycles. The SMILES string of the molecule is Cc1cc2[n+](cc1-c1ccc(O[C@@H]3O[C@H](CO)[C@@H](O)[C@H](O)[C@H]3O)cc1)CCC2. The fourth-order valence-corrected chi connectivity index (χ4v) is 3.92. The van der Waals surface area contributed by atoms with Crippen LogP contribution in [0.25, 0.3) is 11.1 Å². The zero-order valence-corrected chi connectivity index (χ0v) is 15.7. The van der Waals surface area contributed by atoms with E-state index in [1.807, 2.05) is 12.1 Å². The topological polar surface area (TPSA) is 103 Å². The van der Waals surface area contributed by atoms with Crippen LogP contribution in [0.3, 0.4) is 0 Å². The number of benzene rings is 1. The fraction of sp³-hybridized carbons (Fsp3) is 0.476. The number of hydrogen-bond acceptors (Lipinski definition) is 6. The van der Waals surface area contributed by atoms with Crippen molar-refractivity contribution >= 4 is 0 Å². The highest BCUT2D eigenvalue weighted by atomic mass is 16.7. The highest BCUT2D eigenvalue weighted by molar-refractivity contribution is 5.66. The second-order valence-corrected chi connectivity index (χ2v) is 7.50. The van der Waals surface area contributed by atoms with Crippen molar-refractivity contribution in [2.45, 2.75) is 57.0 Å². The number of aliphatic hydroxyl groups is 4. The molecule has 2 aliphatic rings. The molecule has 1 aromatic heterocycles. The molecule has 0 radical (unpaired) electrons. The molecule has 7 heteroatoms. The predicted molar refractivity (Wildman–Crippen MR) is 99.5 cm³/mol. The molecule has 0 amide bonds. The van der Waals surface area contributed by atoms with Gasteiger partial charge in [0.05, 0.1) is 6.61 Å². The third-order valence-corrected chi connectivity index (χ3v) is 5.56. The lowest BCUT2D eigenvalue weighted by Gasteiger charge is -2.39. The second kappa shape index (κ2) is 7.77. The van der Waals surface area contributed by atoms with Gasteiger partial charge in [-0.3, -0.25) is 0 Å². The number of rotatable bonds is 4. The Kier molecular flexibility index (Phi) is 5.35. The number of nitrogens with zero attached hydrogens (tertiary/aromatic N) is 1. The number of fused-ring (bicyclic) bond motifs is 1. The first-order chi connectivity index (χ1) is 13.5. The summed E-state index contributed by atoms with van der Waals surface area (Å²) in [6.07, 6.45) is -1.98. The Balaban J connectivity index is 1.51. The van der Waals surface area contributed by atoms with Crippen LogP contribution in [0.15, 0.2) is 36.5 Å². The van der Waals surface area contributed by atoms with Crippen LogP contribution >= 0.6 is 0 Å². The molecule has 4 rings (SSSR count). The van der Waals surface area contributed by atoms with E-state index in [2.05, 4.69) is 23.8 Å². The molecular formula is C21H26NO6+. The lowest BCUT2D eigenvalue weighted by atomic mass is 9.99. The van der Waals surface area contributed by atoms with Gasteiger partial charge in [-0.2, -0.15) is 0 Å². The molecule has 0 spiro atoms. The lowest BCUT2D eigenvalue weighted by Crippen LogP contribution is -2.60. The monoisotopic (exact) mass is 388 g/mol. The largest absolute Gasteiger partial charge is 0.462 e. The highest BCUT2D eigenvalue weighted by Crippen LogP contribution is 2.28. The molecule has 0 aliphatic carbocycles. The van der Waals surface area contributed by atoms with Gasteiger partial charge in [-0.15, -0.1) is 0 Å². The van der Waals surface area contributed by atoms with Gasteiger partial charge in [0.1, 0.15) is 36.7 Å². The molecule has 0 unspecified atom stereocenters. The number of ether oxygens (including phenoxy) is 2. The van der Waals surface area contributed by atoms with E-state index in [4.69, 9.17) is 9.47 Å². The molecule has 1 fully saturated rings. The Hall–Kier alpha value is -2.03. The average molecular weight is 388 g/mol. The van der Waals surface area contributed by atoms with E-state index >= 15 is 0 Å². The molecule has 2 aliphatic heterocycles. The first kappa shape index (κ1) is 19.3. The van der Waals surface area contributed by atoms with Crippen LogP contribution in [0, 0.1) is 6.92 Å². The lowest BCUT2D eigenvalue weighted by molar-refractivity contribution is -0.690. The van der Waals surface area contributed by atoms with E-state index in [1.165, 1.54) is 17.7 Å². The van der Waals surface area contributed by atoms with E-state index in [1.54, 1.807) is 12.1 Å². The van der Waals surface area contributed by atoms with Gasteiger partial charge < -0.3 is 29.9 Å². The molecule has 5 atom stereocenters. The van der Waals surface area contributed by atoms with Crippen molar-refractivity contribution in [1.82, 2.24) is 0 Å². The van der Waals surface area contributed by atoms with Gasteiger partial charge in [-0.05, 0) is 30.2 Å².